The molecular weight excluding hydrogens is 306 g/mol. The summed E-state index contributed by atoms with van der Waals surface area (Å²) in [6.45, 7) is 2.72. The molecule has 0 atom stereocenters. The summed E-state index contributed by atoms with van der Waals surface area (Å²) in [4.78, 5) is 11.8. The quantitative estimate of drug-likeness (QED) is 0.695. The first-order chi connectivity index (χ1) is 11.7. The second-order valence-corrected chi connectivity index (χ2v) is 4.91. The van der Waals surface area contributed by atoms with Gasteiger partial charge in [0.05, 0.1) is 31.3 Å². The van der Waals surface area contributed by atoms with Gasteiger partial charge in [-0.3, -0.25) is 4.79 Å². The molecule has 0 aliphatic carbocycles. The summed E-state index contributed by atoms with van der Waals surface area (Å²) in [5.74, 6) is 0.870. The average Bonchev–Trinajstić information content (AvgIpc) is 2.62. The summed E-state index contributed by atoms with van der Waals surface area (Å²) >= 11 is 0. The van der Waals surface area contributed by atoms with Gasteiger partial charge in [-0.05, 0) is 25.1 Å². The monoisotopic (exact) mass is 325 g/mol. The molecule has 2 rings (SSSR count). The van der Waals surface area contributed by atoms with Crippen molar-refractivity contribution in [3.05, 3.63) is 59.7 Å². The molecule has 124 valence electrons. The summed E-state index contributed by atoms with van der Waals surface area (Å²) in [6.07, 6.45) is 0.120. The minimum Gasteiger partial charge on any atom is -0.490 e. The molecule has 5 nitrogen and oxygen atoms in total. The lowest BCUT2D eigenvalue weighted by Crippen LogP contribution is -2.10. The highest BCUT2D eigenvalue weighted by molar-refractivity contribution is 5.69. The van der Waals surface area contributed by atoms with Gasteiger partial charge in [0.2, 0.25) is 0 Å². The first-order valence-electron chi connectivity index (χ1n) is 7.73. The van der Waals surface area contributed by atoms with Crippen LogP contribution in [0.1, 0.15) is 24.5 Å². The number of hydrogen-bond donors (Lipinski definition) is 0. The number of nitrogens with zero attached hydrogens (tertiary/aromatic N) is 1. The van der Waals surface area contributed by atoms with Gasteiger partial charge < -0.3 is 14.2 Å². The number of benzene rings is 2. The van der Waals surface area contributed by atoms with Crippen molar-refractivity contribution in [3.8, 4) is 17.6 Å². The molecule has 0 bridgehead atoms. The van der Waals surface area contributed by atoms with Gasteiger partial charge in [-0.2, -0.15) is 5.26 Å². The molecule has 2 aromatic rings. The van der Waals surface area contributed by atoms with Crippen molar-refractivity contribution in [2.24, 2.45) is 0 Å². The molecule has 0 spiro atoms. The van der Waals surface area contributed by atoms with Gasteiger partial charge in [0.25, 0.3) is 0 Å². The number of para-hydroxylation sites is 2. The zero-order valence-corrected chi connectivity index (χ0v) is 13.5. The molecule has 0 heterocycles. The SMILES string of the molecule is CCOc1ccccc1OCCC(=O)OCc1ccccc1C#N. The predicted molar refractivity (Wildman–Crippen MR) is 88.7 cm³/mol. The number of hydrogen-bond acceptors (Lipinski definition) is 5. The molecule has 0 aromatic heterocycles. The highest BCUT2D eigenvalue weighted by Crippen LogP contribution is 2.26. The Morgan fingerprint density at radius 2 is 1.71 bits per heavy atom. The van der Waals surface area contributed by atoms with Crippen molar-refractivity contribution < 1.29 is 19.0 Å². The number of rotatable bonds is 8. The molecule has 0 aliphatic heterocycles. The van der Waals surface area contributed by atoms with Crippen LogP contribution >= 0.6 is 0 Å². The van der Waals surface area contributed by atoms with E-state index in [1.807, 2.05) is 25.1 Å². The molecule has 0 saturated carbocycles. The molecule has 0 fully saturated rings. The van der Waals surface area contributed by atoms with E-state index < -0.39 is 0 Å². The van der Waals surface area contributed by atoms with Crippen molar-refractivity contribution in [2.45, 2.75) is 20.0 Å². The number of nitriles is 1. The maximum Gasteiger partial charge on any atom is 0.309 e. The second-order valence-electron chi connectivity index (χ2n) is 4.91. The van der Waals surface area contributed by atoms with Gasteiger partial charge in [0.1, 0.15) is 6.61 Å². The Morgan fingerprint density at radius 1 is 1.04 bits per heavy atom. The Balaban J connectivity index is 1.79. The van der Waals surface area contributed by atoms with E-state index in [0.717, 1.165) is 0 Å². The fourth-order valence-electron chi connectivity index (χ4n) is 2.07. The van der Waals surface area contributed by atoms with Crippen LogP contribution in [0.3, 0.4) is 0 Å². The minimum atomic E-state index is -0.378. The van der Waals surface area contributed by atoms with Gasteiger partial charge in [-0.15, -0.1) is 0 Å². The number of esters is 1. The van der Waals surface area contributed by atoms with Crippen molar-refractivity contribution in [2.75, 3.05) is 13.2 Å². The molecular formula is C19H19NO4. The van der Waals surface area contributed by atoms with Crippen LogP contribution in [0.2, 0.25) is 0 Å². The maximum atomic E-state index is 11.8. The summed E-state index contributed by atoms with van der Waals surface area (Å²) in [5.41, 5.74) is 1.20. The third-order valence-electron chi connectivity index (χ3n) is 3.24. The standard InChI is InChI=1S/C19H19NO4/c1-2-22-17-9-5-6-10-18(17)23-12-11-19(21)24-14-16-8-4-3-7-15(16)13-20/h3-10H,2,11-12,14H2,1H3. The lowest BCUT2D eigenvalue weighted by Gasteiger charge is -2.11. The third-order valence-corrected chi connectivity index (χ3v) is 3.24. The van der Waals surface area contributed by atoms with E-state index in [0.29, 0.717) is 29.2 Å². The second kappa shape index (κ2) is 9.21. The molecule has 5 heteroatoms. The Labute approximate surface area is 141 Å². The van der Waals surface area contributed by atoms with Crippen LogP contribution in [-0.4, -0.2) is 19.2 Å². The lowest BCUT2D eigenvalue weighted by atomic mass is 10.1. The van der Waals surface area contributed by atoms with Crippen LogP contribution in [0.15, 0.2) is 48.5 Å². The first kappa shape index (κ1) is 17.4. The van der Waals surface area contributed by atoms with Gasteiger partial charge in [0, 0.05) is 5.56 Å². The van der Waals surface area contributed by atoms with E-state index >= 15 is 0 Å². The molecule has 0 radical (unpaired) electrons. The lowest BCUT2D eigenvalue weighted by molar-refractivity contribution is -0.145. The van der Waals surface area contributed by atoms with Gasteiger partial charge in [0.15, 0.2) is 11.5 Å². The Hall–Kier alpha value is -3.00. The molecule has 0 unspecified atom stereocenters. The highest BCUT2D eigenvalue weighted by atomic mass is 16.5. The molecule has 2 aromatic carbocycles. The largest absolute Gasteiger partial charge is 0.490 e. The van der Waals surface area contributed by atoms with Crippen molar-refractivity contribution in [3.63, 3.8) is 0 Å². The zero-order valence-electron chi connectivity index (χ0n) is 13.5. The van der Waals surface area contributed by atoms with Crippen LogP contribution in [0, 0.1) is 11.3 Å². The number of carbonyl (C=O) groups is 1. The molecule has 24 heavy (non-hydrogen) atoms. The Morgan fingerprint density at radius 3 is 2.42 bits per heavy atom. The van der Waals surface area contributed by atoms with Gasteiger partial charge in [-0.25, -0.2) is 0 Å². The van der Waals surface area contributed by atoms with Crippen molar-refractivity contribution in [1.82, 2.24) is 0 Å². The Kier molecular flexibility index (Phi) is 6.66. The number of ether oxygens (including phenoxy) is 3. The van der Waals surface area contributed by atoms with E-state index in [1.165, 1.54) is 0 Å². The van der Waals surface area contributed by atoms with E-state index in [9.17, 15) is 4.79 Å². The van der Waals surface area contributed by atoms with E-state index in [2.05, 4.69) is 6.07 Å². The first-order valence-corrected chi connectivity index (χ1v) is 7.73. The van der Waals surface area contributed by atoms with E-state index in [1.54, 1.807) is 30.3 Å². The van der Waals surface area contributed by atoms with Gasteiger partial charge >= 0.3 is 5.97 Å². The van der Waals surface area contributed by atoms with Crippen molar-refractivity contribution >= 4 is 5.97 Å². The zero-order chi connectivity index (χ0) is 17.2. The molecule has 0 N–H and O–H groups in total. The topological polar surface area (TPSA) is 68.6 Å². The highest BCUT2D eigenvalue weighted by Gasteiger charge is 2.08. The van der Waals surface area contributed by atoms with Crippen LogP contribution < -0.4 is 9.47 Å². The van der Waals surface area contributed by atoms with E-state index in [4.69, 9.17) is 19.5 Å². The summed E-state index contributed by atoms with van der Waals surface area (Å²) in [6, 6.07) is 16.4. The predicted octanol–water partition coefficient (Wildman–Crippen LogP) is 3.47. The van der Waals surface area contributed by atoms with Crippen LogP contribution in [0.4, 0.5) is 0 Å². The number of carbonyl (C=O) groups excluding carboxylic acids is 1. The summed E-state index contributed by atoms with van der Waals surface area (Å²) in [5, 5.41) is 9.00. The average molecular weight is 325 g/mol. The molecule has 0 saturated heterocycles. The Bertz CT molecular complexity index is 721. The van der Waals surface area contributed by atoms with Crippen LogP contribution in [0.25, 0.3) is 0 Å². The summed E-state index contributed by atoms with van der Waals surface area (Å²) < 4.78 is 16.2. The summed E-state index contributed by atoms with van der Waals surface area (Å²) in [7, 11) is 0. The smallest absolute Gasteiger partial charge is 0.309 e. The van der Waals surface area contributed by atoms with Crippen LogP contribution in [-0.2, 0) is 16.1 Å². The van der Waals surface area contributed by atoms with Gasteiger partial charge in [-0.1, -0.05) is 30.3 Å². The fraction of sp³-hybridized carbons (Fsp3) is 0.263. The van der Waals surface area contributed by atoms with Crippen LogP contribution in [0.5, 0.6) is 11.5 Å². The molecule has 0 amide bonds. The fourth-order valence-corrected chi connectivity index (χ4v) is 2.07. The minimum absolute atomic E-state index is 0.0814. The normalized spacial score (nSPS) is 9.83. The van der Waals surface area contributed by atoms with E-state index in [-0.39, 0.29) is 25.6 Å². The molecule has 0 aliphatic rings. The van der Waals surface area contributed by atoms with Crippen molar-refractivity contribution in [1.29, 1.82) is 5.26 Å². The third kappa shape index (κ3) is 5.03. The maximum absolute atomic E-state index is 11.8.